The fourth-order valence-corrected chi connectivity index (χ4v) is 8.54. The van der Waals surface area contributed by atoms with Crippen LogP contribution in [0.4, 0.5) is 0 Å². The van der Waals surface area contributed by atoms with Crippen LogP contribution in [0.1, 0.15) is 61.7 Å². The summed E-state index contributed by atoms with van der Waals surface area (Å²) in [6.45, 7) is 2.79. The molecule has 2 aliphatic heterocycles. The number of hydrogen-bond donors (Lipinski definition) is 1. The number of aromatic nitrogens is 2. The number of likely N-dealkylation sites (tertiary alicyclic amines) is 1. The van der Waals surface area contributed by atoms with E-state index in [1.807, 2.05) is 32.9 Å². The summed E-state index contributed by atoms with van der Waals surface area (Å²) in [6.07, 6.45) is 10.4. The zero-order valence-corrected chi connectivity index (χ0v) is 20.8. The molecule has 1 aromatic heterocycles. The van der Waals surface area contributed by atoms with E-state index in [9.17, 15) is 14.4 Å². The number of hydrogen-bond acceptors (Lipinski definition) is 4. The predicted molar refractivity (Wildman–Crippen MR) is 134 cm³/mol. The average Bonchev–Trinajstić information content (AvgIpc) is 3.56. The van der Waals surface area contributed by atoms with Crippen LogP contribution in [-0.2, 0) is 9.59 Å². The highest BCUT2D eigenvalue weighted by Crippen LogP contribution is 2.60. The van der Waals surface area contributed by atoms with Crippen molar-refractivity contribution in [3.8, 4) is 0 Å². The number of aromatic amines is 1. The molecule has 190 valence electrons. The standard InChI is InChI=1S/C28H35N5O3/c34-25(21-3-4-22-23(13-21)30-17-29-22)31-6-8-32(9-7-31)26(35)24-2-1-5-33(24)27(36)28-14-18-10-19(15-28)12-20(11-18)16-28/h3-4,13,17-20,24H,1-2,5-12,14-16H2,(H,29,30). The van der Waals surface area contributed by atoms with Crippen molar-refractivity contribution in [2.75, 3.05) is 32.7 Å². The third kappa shape index (κ3) is 3.55. The molecule has 4 aliphatic carbocycles. The lowest BCUT2D eigenvalue weighted by Crippen LogP contribution is -2.59. The number of H-pyrrole nitrogens is 1. The van der Waals surface area contributed by atoms with Gasteiger partial charge in [0, 0.05) is 38.3 Å². The Morgan fingerprint density at radius 2 is 1.56 bits per heavy atom. The molecule has 0 radical (unpaired) electrons. The molecular formula is C28H35N5O3. The number of piperazine rings is 1. The van der Waals surface area contributed by atoms with E-state index >= 15 is 0 Å². The lowest BCUT2D eigenvalue weighted by atomic mass is 9.49. The minimum absolute atomic E-state index is 0.0157. The summed E-state index contributed by atoms with van der Waals surface area (Å²) >= 11 is 0. The molecule has 8 rings (SSSR count). The highest BCUT2D eigenvalue weighted by atomic mass is 16.2. The van der Waals surface area contributed by atoms with Crippen LogP contribution in [0.25, 0.3) is 11.0 Å². The van der Waals surface area contributed by atoms with Crippen LogP contribution in [-0.4, -0.2) is 81.2 Å². The SMILES string of the molecule is O=C(c1ccc2nc[nH]c2c1)N1CCN(C(=O)C2CCCN2C(=O)C23CC4CC(CC(C4)C2)C3)CC1. The Bertz CT molecular complexity index is 1180. The van der Waals surface area contributed by atoms with Gasteiger partial charge in [0.05, 0.1) is 22.8 Å². The average molecular weight is 490 g/mol. The van der Waals surface area contributed by atoms with Gasteiger partial charge in [-0.1, -0.05) is 0 Å². The molecule has 36 heavy (non-hydrogen) atoms. The minimum atomic E-state index is -0.324. The zero-order chi connectivity index (χ0) is 24.4. The van der Waals surface area contributed by atoms with Gasteiger partial charge in [-0.3, -0.25) is 14.4 Å². The van der Waals surface area contributed by atoms with E-state index in [1.165, 1.54) is 19.3 Å². The Labute approximate surface area is 211 Å². The smallest absolute Gasteiger partial charge is 0.254 e. The predicted octanol–water partition coefficient (Wildman–Crippen LogP) is 3.05. The fourth-order valence-electron chi connectivity index (χ4n) is 8.54. The van der Waals surface area contributed by atoms with E-state index in [4.69, 9.17) is 0 Å². The largest absolute Gasteiger partial charge is 0.345 e. The van der Waals surface area contributed by atoms with Crippen LogP contribution in [0, 0.1) is 23.2 Å². The van der Waals surface area contributed by atoms with Gasteiger partial charge in [0.1, 0.15) is 6.04 Å². The molecule has 1 atom stereocenters. The van der Waals surface area contributed by atoms with Crippen LogP contribution in [0.15, 0.2) is 24.5 Å². The molecule has 1 aromatic carbocycles. The number of carbonyl (C=O) groups excluding carboxylic acids is 3. The first-order valence-corrected chi connectivity index (χ1v) is 13.8. The Morgan fingerprint density at radius 3 is 2.25 bits per heavy atom. The van der Waals surface area contributed by atoms with Crippen LogP contribution < -0.4 is 0 Å². The van der Waals surface area contributed by atoms with Crippen molar-refractivity contribution < 1.29 is 14.4 Å². The maximum absolute atomic E-state index is 14.0. The summed E-state index contributed by atoms with van der Waals surface area (Å²) in [4.78, 5) is 53.6. The van der Waals surface area contributed by atoms with Gasteiger partial charge in [-0.15, -0.1) is 0 Å². The second kappa shape index (κ2) is 8.32. The molecule has 4 saturated carbocycles. The monoisotopic (exact) mass is 489 g/mol. The Hall–Kier alpha value is -2.90. The van der Waals surface area contributed by atoms with Gasteiger partial charge in [-0.2, -0.15) is 0 Å². The second-order valence-electron chi connectivity index (χ2n) is 12.1. The van der Waals surface area contributed by atoms with Gasteiger partial charge in [-0.25, -0.2) is 4.98 Å². The van der Waals surface area contributed by atoms with Crippen molar-refractivity contribution in [2.24, 2.45) is 23.2 Å². The van der Waals surface area contributed by atoms with E-state index in [0.717, 1.165) is 60.9 Å². The van der Waals surface area contributed by atoms with Crippen molar-refractivity contribution in [3.05, 3.63) is 30.1 Å². The van der Waals surface area contributed by atoms with Crippen LogP contribution in [0.3, 0.4) is 0 Å². The number of nitrogens with one attached hydrogen (secondary N) is 1. The molecule has 6 fully saturated rings. The second-order valence-corrected chi connectivity index (χ2v) is 12.1. The van der Waals surface area contributed by atoms with Crippen LogP contribution in [0.5, 0.6) is 0 Å². The normalized spacial score (nSPS) is 33.5. The zero-order valence-electron chi connectivity index (χ0n) is 20.8. The number of amides is 3. The van der Waals surface area contributed by atoms with Crippen molar-refractivity contribution in [3.63, 3.8) is 0 Å². The molecule has 2 saturated heterocycles. The summed E-state index contributed by atoms with van der Waals surface area (Å²) in [5.41, 5.74) is 2.12. The highest BCUT2D eigenvalue weighted by molar-refractivity contribution is 5.97. The molecular weight excluding hydrogens is 454 g/mol. The molecule has 1 N–H and O–H groups in total. The molecule has 3 heterocycles. The number of carbonyl (C=O) groups is 3. The fraction of sp³-hybridized carbons (Fsp3) is 0.643. The van der Waals surface area contributed by atoms with Crippen molar-refractivity contribution >= 4 is 28.8 Å². The van der Waals surface area contributed by atoms with E-state index in [-0.39, 0.29) is 29.2 Å². The van der Waals surface area contributed by atoms with Gasteiger partial charge in [0.25, 0.3) is 5.91 Å². The van der Waals surface area contributed by atoms with E-state index in [1.54, 1.807) is 6.33 Å². The maximum Gasteiger partial charge on any atom is 0.254 e. The lowest BCUT2D eigenvalue weighted by molar-refractivity contribution is -0.162. The maximum atomic E-state index is 14.0. The third-order valence-electron chi connectivity index (χ3n) is 9.84. The van der Waals surface area contributed by atoms with Crippen LogP contribution >= 0.6 is 0 Å². The molecule has 2 aromatic rings. The van der Waals surface area contributed by atoms with Gasteiger partial charge >= 0.3 is 0 Å². The first kappa shape index (κ1) is 22.3. The summed E-state index contributed by atoms with van der Waals surface area (Å²) in [7, 11) is 0. The molecule has 6 aliphatic rings. The van der Waals surface area contributed by atoms with E-state index < -0.39 is 0 Å². The quantitative estimate of drug-likeness (QED) is 0.718. The lowest BCUT2D eigenvalue weighted by Gasteiger charge is -2.56. The number of nitrogens with zero attached hydrogens (tertiary/aromatic N) is 4. The molecule has 8 nitrogen and oxygen atoms in total. The molecule has 8 heteroatoms. The summed E-state index contributed by atoms with van der Waals surface area (Å²) in [6, 6.07) is 5.19. The summed E-state index contributed by atoms with van der Waals surface area (Å²) < 4.78 is 0. The Kier molecular flexibility index (Phi) is 5.15. The molecule has 4 bridgehead atoms. The minimum Gasteiger partial charge on any atom is -0.345 e. The van der Waals surface area contributed by atoms with Gasteiger partial charge in [0.15, 0.2) is 0 Å². The summed E-state index contributed by atoms with van der Waals surface area (Å²) in [5, 5.41) is 0. The number of benzene rings is 1. The molecule has 0 spiro atoms. The van der Waals surface area contributed by atoms with Gasteiger partial charge in [0.2, 0.25) is 11.8 Å². The molecule has 3 amide bonds. The first-order valence-electron chi connectivity index (χ1n) is 13.8. The number of fused-ring (bicyclic) bond motifs is 1. The molecule has 1 unspecified atom stereocenters. The first-order chi connectivity index (χ1) is 17.5. The highest BCUT2D eigenvalue weighted by Gasteiger charge is 2.57. The number of imidazole rings is 1. The topological polar surface area (TPSA) is 89.6 Å². The van der Waals surface area contributed by atoms with Crippen molar-refractivity contribution in [2.45, 2.75) is 57.4 Å². The number of rotatable bonds is 3. The van der Waals surface area contributed by atoms with Crippen molar-refractivity contribution in [1.82, 2.24) is 24.7 Å². The van der Waals surface area contributed by atoms with E-state index in [0.29, 0.717) is 38.3 Å². The van der Waals surface area contributed by atoms with Crippen LogP contribution in [0.2, 0.25) is 0 Å². The van der Waals surface area contributed by atoms with E-state index in [2.05, 4.69) is 9.97 Å². The van der Waals surface area contributed by atoms with Gasteiger partial charge in [-0.05, 0) is 87.3 Å². The summed E-state index contributed by atoms with van der Waals surface area (Å²) in [5.74, 6) is 2.50. The Balaban J connectivity index is 1.01. The third-order valence-corrected chi connectivity index (χ3v) is 9.84. The van der Waals surface area contributed by atoms with Crippen molar-refractivity contribution in [1.29, 1.82) is 0 Å². The Morgan fingerprint density at radius 1 is 0.889 bits per heavy atom. The van der Waals surface area contributed by atoms with Gasteiger partial charge < -0.3 is 19.7 Å².